The average Bonchev–Trinajstić information content (AvgIpc) is 3.35. The maximum atomic E-state index is 13.1. The van der Waals surface area contributed by atoms with Crippen LogP contribution in [-0.4, -0.2) is 21.4 Å². The van der Waals surface area contributed by atoms with E-state index in [9.17, 15) is 14.9 Å². The zero-order chi connectivity index (χ0) is 23.8. The van der Waals surface area contributed by atoms with Crippen LogP contribution in [0.3, 0.4) is 0 Å². The van der Waals surface area contributed by atoms with E-state index < -0.39 is 4.92 Å². The first-order valence-electron chi connectivity index (χ1n) is 10.1. The molecule has 0 unspecified atom stereocenters. The standard InChI is InChI=1S/C24H16BrN3O5S/c1-32-20-10-15(11-22-23(29)27-19-8-3-2-7-18(19)26-24(27)34-22)17(25)12-21(20)33-13-14-5-4-6-16(9-14)28(30)31/h2-12H,13H2,1H3/b22-11-. The fourth-order valence-corrected chi connectivity index (χ4v) is 5.02. The number of nitrogens with zero attached hydrogens (tertiary/aromatic N) is 3. The quantitative estimate of drug-likeness (QED) is 0.230. The summed E-state index contributed by atoms with van der Waals surface area (Å²) < 4.78 is 14.2. The first kappa shape index (κ1) is 22.1. The SMILES string of the molecule is COc1cc(/C=c2\sc3nc4ccccc4n3c2=O)c(Br)cc1OCc1cccc([N+](=O)[O-])c1. The zero-order valence-corrected chi connectivity index (χ0v) is 20.1. The molecule has 8 nitrogen and oxygen atoms in total. The van der Waals surface area contributed by atoms with Crippen molar-refractivity contribution in [3.05, 3.63) is 101 Å². The zero-order valence-electron chi connectivity index (χ0n) is 17.7. The Hall–Kier alpha value is -3.76. The Labute approximate surface area is 205 Å². The molecule has 0 aliphatic heterocycles. The van der Waals surface area contributed by atoms with E-state index in [0.29, 0.717) is 31.0 Å². The number of hydrogen-bond acceptors (Lipinski definition) is 7. The lowest BCUT2D eigenvalue weighted by Gasteiger charge is -2.13. The van der Waals surface area contributed by atoms with Crippen LogP contribution in [0.4, 0.5) is 5.69 Å². The van der Waals surface area contributed by atoms with Crippen LogP contribution in [0.5, 0.6) is 11.5 Å². The molecule has 3 aromatic carbocycles. The van der Waals surface area contributed by atoms with Gasteiger partial charge in [-0.3, -0.25) is 14.9 Å². The van der Waals surface area contributed by atoms with Gasteiger partial charge in [-0.25, -0.2) is 9.38 Å². The summed E-state index contributed by atoms with van der Waals surface area (Å²) in [6.45, 7) is 0.132. The van der Waals surface area contributed by atoms with Gasteiger partial charge in [-0.1, -0.05) is 51.5 Å². The number of non-ortho nitro benzene ring substituents is 1. The van der Waals surface area contributed by atoms with Crippen molar-refractivity contribution in [2.24, 2.45) is 0 Å². The summed E-state index contributed by atoms with van der Waals surface area (Å²) in [7, 11) is 1.53. The second-order valence-electron chi connectivity index (χ2n) is 7.37. The van der Waals surface area contributed by atoms with Crippen LogP contribution in [-0.2, 0) is 6.61 Å². The highest BCUT2D eigenvalue weighted by molar-refractivity contribution is 9.10. The second kappa shape index (κ2) is 8.88. The van der Waals surface area contributed by atoms with Gasteiger partial charge >= 0.3 is 0 Å². The van der Waals surface area contributed by atoms with Crippen LogP contribution < -0.4 is 19.6 Å². The fraction of sp³-hybridized carbons (Fsp3) is 0.0833. The second-order valence-corrected chi connectivity index (χ2v) is 9.24. The van der Waals surface area contributed by atoms with E-state index >= 15 is 0 Å². The maximum absolute atomic E-state index is 13.1. The number of fused-ring (bicyclic) bond motifs is 3. The van der Waals surface area contributed by atoms with E-state index in [1.54, 1.807) is 34.7 Å². The van der Waals surface area contributed by atoms with E-state index in [4.69, 9.17) is 9.47 Å². The van der Waals surface area contributed by atoms with Gasteiger partial charge in [0.25, 0.3) is 11.2 Å². The van der Waals surface area contributed by atoms with E-state index in [-0.39, 0.29) is 17.9 Å². The largest absolute Gasteiger partial charge is 0.493 e. The number of hydrogen-bond donors (Lipinski definition) is 0. The number of nitro groups is 1. The van der Waals surface area contributed by atoms with Crippen LogP contribution in [0.15, 0.2) is 69.9 Å². The van der Waals surface area contributed by atoms with Crippen molar-refractivity contribution in [1.29, 1.82) is 0 Å². The van der Waals surface area contributed by atoms with Gasteiger partial charge in [0.05, 0.1) is 27.6 Å². The fourth-order valence-electron chi connectivity index (χ4n) is 3.61. The van der Waals surface area contributed by atoms with Crippen LogP contribution >= 0.6 is 27.3 Å². The first-order chi connectivity index (χ1) is 16.4. The minimum absolute atomic E-state index is 0.00248. The first-order valence-corrected chi connectivity index (χ1v) is 11.7. The number of halogens is 1. The van der Waals surface area contributed by atoms with Gasteiger partial charge in [0, 0.05) is 16.6 Å². The number of thiazole rings is 1. The van der Waals surface area contributed by atoms with Crippen molar-refractivity contribution in [1.82, 2.24) is 9.38 Å². The van der Waals surface area contributed by atoms with Crippen molar-refractivity contribution in [2.45, 2.75) is 6.61 Å². The molecular formula is C24H16BrN3O5S. The molecule has 0 aliphatic rings. The van der Waals surface area contributed by atoms with Gasteiger partial charge in [0.15, 0.2) is 16.5 Å². The van der Waals surface area contributed by atoms with Crippen molar-refractivity contribution in [2.75, 3.05) is 7.11 Å². The molecule has 0 spiro atoms. The number of para-hydroxylation sites is 2. The van der Waals surface area contributed by atoms with Gasteiger partial charge in [0.1, 0.15) is 6.61 Å². The lowest BCUT2D eigenvalue weighted by Crippen LogP contribution is -2.22. The molecule has 10 heteroatoms. The van der Waals surface area contributed by atoms with Crippen LogP contribution in [0, 0.1) is 10.1 Å². The number of aromatic nitrogens is 2. The topological polar surface area (TPSA) is 96.0 Å². The van der Waals surface area contributed by atoms with Gasteiger partial charge in [-0.05, 0) is 41.5 Å². The molecule has 5 aromatic rings. The Bertz CT molecular complexity index is 1680. The number of ether oxygens (including phenoxy) is 2. The molecule has 0 radical (unpaired) electrons. The predicted molar refractivity (Wildman–Crippen MR) is 134 cm³/mol. The third kappa shape index (κ3) is 4.02. The lowest BCUT2D eigenvalue weighted by atomic mass is 10.2. The lowest BCUT2D eigenvalue weighted by molar-refractivity contribution is -0.384. The molecule has 0 aliphatic carbocycles. The predicted octanol–water partition coefficient (Wildman–Crippen LogP) is 4.72. The maximum Gasteiger partial charge on any atom is 0.274 e. The molecule has 0 atom stereocenters. The minimum atomic E-state index is -0.444. The van der Waals surface area contributed by atoms with Crippen molar-refractivity contribution in [3.63, 3.8) is 0 Å². The highest BCUT2D eigenvalue weighted by Crippen LogP contribution is 2.34. The van der Waals surface area contributed by atoms with Crippen LogP contribution in [0.2, 0.25) is 0 Å². The normalized spacial score (nSPS) is 11.9. The molecule has 5 rings (SSSR count). The highest BCUT2D eigenvalue weighted by Gasteiger charge is 2.14. The van der Waals surface area contributed by atoms with Crippen molar-refractivity contribution in [3.8, 4) is 11.5 Å². The van der Waals surface area contributed by atoms with E-state index in [1.165, 1.54) is 30.6 Å². The summed E-state index contributed by atoms with van der Waals surface area (Å²) >= 11 is 4.87. The molecule has 34 heavy (non-hydrogen) atoms. The number of nitro benzene ring substituents is 1. The summed E-state index contributed by atoms with van der Waals surface area (Å²) in [6, 6.07) is 17.3. The van der Waals surface area contributed by atoms with E-state index in [1.807, 2.05) is 24.3 Å². The van der Waals surface area contributed by atoms with Gasteiger partial charge in [0.2, 0.25) is 0 Å². The number of imidazole rings is 1. The van der Waals surface area contributed by atoms with Crippen LogP contribution in [0.1, 0.15) is 11.1 Å². The molecule has 170 valence electrons. The monoisotopic (exact) mass is 537 g/mol. The Kier molecular flexibility index (Phi) is 5.76. The smallest absolute Gasteiger partial charge is 0.274 e. The minimum Gasteiger partial charge on any atom is -0.493 e. The molecule has 0 amide bonds. The number of benzene rings is 3. The summed E-state index contributed by atoms with van der Waals surface area (Å²) in [4.78, 5) is 28.8. The molecule has 0 saturated heterocycles. The molecule has 2 heterocycles. The van der Waals surface area contributed by atoms with Gasteiger partial charge in [-0.2, -0.15) is 0 Å². The van der Waals surface area contributed by atoms with Crippen molar-refractivity contribution >= 4 is 55.0 Å². The summed E-state index contributed by atoms with van der Waals surface area (Å²) in [5.41, 5.74) is 2.83. The van der Waals surface area contributed by atoms with Crippen molar-refractivity contribution < 1.29 is 14.4 Å². The van der Waals surface area contributed by atoms with Gasteiger partial charge in [-0.15, -0.1) is 0 Å². The van der Waals surface area contributed by atoms with Crippen LogP contribution in [0.25, 0.3) is 22.1 Å². The Balaban J connectivity index is 1.49. The van der Waals surface area contributed by atoms with E-state index in [0.717, 1.165) is 16.6 Å². The Morgan fingerprint density at radius 3 is 2.76 bits per heavy atom. The molecule has 2 aromatic heterocycles. The molecular weight excluding hydrogens is 522 g/mol. The molecule has 0 N–H and O–H groups in total. The third-order valence-corrected chi connectivity index (χ3v) is 6.89. The summed E-state index contributed by atoms with van der Waals surface area (Å²) in [6.07, 6.45) is 1.79. The summed E-state index contributed by atoms with van der Waals surface area (Å²) in [5, 5.41) is 11.0. The molecule has 0 saturated carbocycles. The number of methoxy groups -OCH3 is 1. The van der Waals surface area contributed by atoms with E-state index in [2.05, 4.69) is 20.9 Å². The molecule has 0 bridgehead atoms. The third-order valence-electron chi connectivity index (χ3n) is 5.23. The average molecular weight is 538 g/mol. The van der Waals surface area contributed by atoms with Gasteiger partial charge < -0.3 is 9.47 Å². The summed E-state index contributed by atoms with van der Waals surface area (Å²) in [5.74, 6) is 0.937. The highest BCUT2D eigenvalue weighted by atomic mass is 79.9. The Morgan fingerprint density at radius 1 is 1.15 bits per heavy atom. The molecule has 0 fully saturated rings. The number of rotatable bonds is 6. The Morgan fingerprint density at radius 2 is 1.97 bits per heavy atom.